The fourth-order valence-corrected chi connectivity index (χ4v) is 4.68. The van der Waals surface area contributed by atoms with Gasteiger partial charge in [-0.15, -0.1) is 0 Å². The highest BCUT2D eigenvalue weighted by Gasteiger charge is 2.59. The summed E-state index contributed by atoms with van der Waals surface area (Å²) in [6, 6.07) is 4.25. The SMILES string of the molecule is CC12CCC(C1)C(C)(C)C2Nc1ncccc1C(N)=S. The minimum absolute atomic E-state index is 0.290. The molecule has 2 aliphatic carbocycles. The van der Waals surface area contributed by atoms with Crippen molar-refractivity contribution in [1.82, 2.24) is 4.98 Å². The molecule has 2 fully saturated rings. The number of aromatic nitrogens is 1. The molecule has 0 amide bonds. The first kappa shape index (κ1) is 13.8. The van der Waals surface area contributed by atoms with Gasteiger partial charge in [-0.05, 0) is 48.1 Å². The molecule has 0 aliphatic heterocycles. The molecule has 3 atom stereocenters. The summed E-state index contributed by atoms with van der Waals surface area (Å²) in [6.07, 6.45) is 5.76. The van der Waals surface area contributed by atoms with Gasteiger partial charge in [0, 0.05) is 12.2 Å². The Morgan fingerprint density at radius 1 is 1.45 bits per heavy atom. The van der Waals surface area contributed by atoms with Crippen molar-refractivity contribution in [3.63, 3.8) is 0 Å². The lowest BCUT2D eigenvalue weighted by molar-refractivity contribution is 0.155. The highest BCUT2D eigenvalue weighted by Crippen LogP contribution is 2.63. The molecule has 0 radical (unpaired) electrons. The number of pyridine rings is 1. The summed E-state index contributed by atoms with van der Waals surface area (Å²) < 4.78 is 0. The number of nitrogens with zero attached hydrogens (tertiary/aromatic N) is 1. The molecule has 0 spiro atoms. The standard InChI is InChI=1S/C16H23N3S/c1-15(2)10-6-7-16(3,9-10)14(15)19-13-11(12(17)20)5-4-8-18-13/h4-5,8,10,14H,6-7,9H2,1-3H3,(H2,17,20)(H,18,19). The van der Waals surface area contributed by atoms with Crippen LogP contribution in [-0.4, -0.2) is 16.0 Å². The molecule has 108 valence electrons. The molecule has 3 N–H and O–H groups in total. The van der Waals surface area contributed by atoms with Crippen LogP contribution in [0.25, 0.3) is 0 Å². The van der Waals surface area contributed by atoms with Crippen LogP contribution in [0.2, 0.25) is 0 Å². The summed E-state index contributed by atoms with van der Waals surface area (Å²) in [4.78, 5) is 4.87. The van der Waals surface area contributed by atoms with Crippen LogP contribution >= 0.6 is 12.2 Å². The van der Waals surface area contributed by atoms with Crippen LogP contribution in [-0.2, 0) is 0 Å². The third-order valence-electron chi connectivity index (χ3n) is 5.62. The van der Waals surface area contributed by atoms with Crippen LogP contribution in [0.3, 0.4) is 0 Å². The second-order valence-electron chi connectivity index (χ2n) is 7.26. The zero-order chi connectivity index (χ0) is 14.5. The Hall–Kier alpha value is -1.16. The fourth-order valence-electron chi connectivity index (χ4n) is 4.52. The van der Waals surface area contributed by atoms with Gasteiger partial charge in [-0.1, -0.05) is 33.0 Å². The van der Waals surface area contributed by atoms with Gasteiger partial charge in [-0.2, -0.15) is 0 Å². The van der Waals surface area contributed by atoms with Gasteiger partial charge in [0.25, 0.3) is 0 Å². The van der Waals surface area contributed by atoms with Crippen LogP contribution in [0.15, 0.2) is 18.3 Å². The molecule has 2 saturated carbocycles. The maximum absolute atomic E-state index is 5.82. The van der Waals surface area contributed by atoms with E-state index in [2.05, 4.69) is 31.1 Å². The third-order valence-corrected chi connectivity index (χ3v) is 5.84. The van der Waals surface area contributed by atoms with E-state index in [1.54, 1.807) is 6.20 Å². The van der Waals surface area contributed by atoms with Gasteiger partial charge in [0.05, 0.1) is 5.56 Å². The second kappa shape index (κ2) is 4.42. The van der Waals surface area contributed by atoms with E-state index in [0.29, 0.717) is 16.4 Å². The zero-order valence-electron chi connectivity index (χ0n) is 12.4. The van der Waals surface area contributed by atoms with E-state index in [9.17, 15) is 0 Å². The number of anilines is 1. The summed E-state index contributed by atoms with van der Waals surface area (Å²) in [5.74, 6) is 1.65. The molecule has 20 heavy (non-hydrogen) atoms. The summed E-state index contributed by atoms with van der Waals surface area (Å²) in [5.41, 5.74) is 7.32. The lowest BCUT2D eigenvalue weighted by Gasteiger charge is -2.43. The molecule has 3 rings (SSSR count). The molecule has 1 aromatic heterocycles. The average molecular weight is 289 g/mol. The van der Waals surface area contributed by atoms with Gasteiger partial charge in [0.15, 0.2) is 0 Å². The monoisotopic (exact) mass is 289 g/mol. The Balaban J connectivity index is 1.94. The Morgan fingerprint density at radius 2 is 2.20 bits per heavy atom. The smallest absolute Gasteiger partial charge is 0.136 e. The Bertz CT molecular complexity index is 550. The molecule has 0 saturated heterocycles. The minimum Gasteiger partial charge on any atom is -0.389 e. The first-order valence-corrected chi connectivity index (χ1v) is 7.77. The summed E-state index contributed by atoms with van der Waals surface area (Å²) in [5, 5.41) is 3.67. The van der Waals surface area contributed by atoms with E-state index in [1.807, 2.05) is 12.1 Å². The molecule has 2 aliphatic rings. The summed E-state index contributed by atoms with van der Waals surface area (Å²) in [7, 11) is 0. The highest BCUT2D eigenvalue weighted by molar-refractivity contribution is 7.80. The third kappa shape index (κ3) is 1.93. The first-order valence-electron chi connectivity index (χ1n) is 7.36. The molecule has 1 heterocycles. The highest BCUT2D eigenvalue weighted by atomic mass is 32.1. The molecule has 0 aromatic carbocycles. The molecular formula is C16H23N3S. The van der Waals surface area contributed by atoms with E-state index < -0.39 is 0 Å². The molecule has 1 aromatic rings. The van der Waals surface area contributed by atoms with Crippen molar-refractivity contribution in [2.24, 2.45) is 22.5 Å². The number of rotatable bonds is 3. The van der Waals surface area contributed by atoms with Gasteiger partial charge >= 0.3 is 0 Å². The largest absolute Gasteiger partial charge is 0.389 e. The van der Waals surface area contributed by atoms with Crippen molar-refractivity contribution in [1.29, 1.82) is 0 Å². The van der Waals surface area contributed by atoms with Crippen molar-refractivity contribution in [3.8, 4) is 0 Å². The zero-order valence-corrected chi connectivity index (χ0v) is 13.3. The van der Waals surface area contributed by atoms with E-state index >= 15 is 0 Å². The fraction of sp³-hybridized carbons (Fsp3) is 0.625. The molecule has 3 unspecified atom stereocenters. The normalized spacial score (nSPS) is 34.1. The maximum atomic E-state index is 5.82. The quantitative estimate of drug-likeness (QED) is 0.838. The van der Waals surface area contributed by atoms with Gasteiger partial charge in [-0.3, -0.25) is 0 Å². The van der Waals surface area contributed by atoms with E-state index in [1.165, 1.54) is 19.3 Å². The molecule has 3 nitrogen and oxygen atoms in total. The Morgan fingerprint density at radius 3 is 2.80 bits per heavy atom. The van der Waals surface area contributed by atoms with Crippen molar-refractivity contribution in [3.05, 3.63) is 23.9 Å². The molecule has 2 bridgehead atoms. The van der Waals surface area contributed by atoms with Crippen molar-refractivity contribution in [2.45, 2.75) is 46.1 Å². The van der Waals surface area contributed by atoms with Crippen LogP contribution in [0.1, 0.15) is 45.6 Å². The van der Waals surface area contributed by atoms with Crippen molar-refractivity contribution in [2.75, 3.05) is 5.32 Å². The van der Waals surface area contributed by atoms with Crippen LogP contribution < -0.4 is 11.1 Å². The average Bonchev–Trinajstić information content (AvgIpc) is 2.86. The van der Waals surface area contributed by atoms with Crippen LogP contribution in [0, 0.1) is 16.7 Å². The lowest BCUT2D eigenvalue weighted by atomic mass is 9.68. The Labute approximate surface area is 126 Å². The topological polar surface area (TPSA) is 50.9 Å². The summed E-state index contributed by atoms with van der Waals surface area (Å²) in [6.45, 7) is 7.16. The predicted octanol–water partition coefficient (Wildman–Crippen LogP) is 3.34. The van der Waals surface area contributed by atoms with Gasteiger partial charge in [-0.25, -0.2) is 4.98 Å². The van der Waals surface area contributed by atoms with Crippen molar-refractivity contribution >= 4 is 23.0 Å². The van der Waals surface area contributed by atoms with Gasteiger partial charge < -0.3 is 11.1 Å². The lowest BCUT2D eigenvalue weighted by Crippen LogP contribution is -2.46. The van der Waals surface area contributed by atoms with E-state index in [-0.39, 0.29) is 5.41 Å². The number of thiocarbonyl (C=S) groups is 1. The number of hydrogen-bond donors (Lipinski definition) is 2. The van der Waals surface area contributed by atoms with E-state index in [0.717, 1.165) is 17.3 Å². The van der Waals surface area contributed by atoms with Crippen molar-refractivity contribution < 1.29 is 0 Å². The molecule has 4 heteroatoms. The summed E-state index contributed by atoms with van der Waals surface area (Å²) >= 11 is 5.14. The van der Waals surface area contributed by atoms with E-state index in [4.69, 9.17) is 18.0 Å². The molecular weight excluding hydrogens is 266 g/mol. The van der Waals surface area contributed by atoms with Gasteiger partial charge in [0.2, 0.25) is 0 Å². The predicted molar refractivity (Wildman–Crippen MR) is 86.8 cm³/mol. The second-order valence-corrected chi connectivity index (χ2v) is 7.70. The number of nitrogens with two attached hydrogens (primary N) is 1. The maximum Gasteiger partial charge on any atom is 0.136 e. The Kier molecular flexibility index (Phi) is 3.05. The number of nitrogens with one attached hydrogen (secondary N) is 1. The van der Waals surface area contributed by atoms with Crippen LogP contribution in [0.4, 0.5) is 5.82 Å². The minimum atomic E-state index is 0.290. The van der Waals surface area contributed by atoms with Crippen LogP contribution in [0.5, 0.6) is 0 Å². The van der Waals surface area contributed by atoms with Gasteiger partial charge in [0.1, 0.15) is 10.8 Å². The number of hydrogen-bond acceptors (Lipinski definition) is 3. The first-order chi connectivity index (χ1) is 9.34. The number of fused-ring (bicyclic) bond motifs is 2.